The second-order valence-electron chi connectivity index (χ2n) is 12.3. The zero-order valence-electron chi connectivity index (χ0n) is 30.4. The molecule has 0 heterocycles. The summed E-state index contributed by atoms with van der Waals surface area (Å²) in [4.78, 5) is 37.3. The largest absolute Gasteiger partial charge is 3.00 e. The fraction of sp³-hybridized carbons (Fsp3) is 0.133. The monoisotopic (exact) mass is 862 g/mol. The van der Waals surface area contributed by atoms with Crippen LogP contribution in [-0.2, 0) is 39.3 Å². The summed E-state index contributed by atoms with van der Waals surface area (Å²) in [7, 11) is 0. The van der Waals surface area contributed by atoms with Crippen LogP contribution >= 0.6 is 0 Å². The van der Waals surface area contributed by atoms with Gasteiger partial charge in [-0.05, 0) is 33.4 Å². The number of hydrogen-bond acceptors (Lipinski definition) is 6. The van der Waals surface area contributed by atoms with E-state index in [0.717, 1.165) is 33.4 Å². The van der Waals surface area contributed by atoms with Crippen molar-refractivity contribution in [3.05, 3.63) is 215 Å². The van der Waals surface area contributed by atoms with E-state index < -0.39 is 18.3 Å². The van der Waals surface area contributed by atoms with Crippen molar-refractivity contribution in [2.45, 2.75) is 39.3 Å². The maximum Gasteiger partial charge on any atom is 3.00 e. The summed E-state index contributed by atoms with van der Waals surface area (Å²) in [6.45, 7) is 2.07. The van der Waals surface area contributed by atoms with Crippen LogP contribution < -0.4 is 15.3 Å². The van der Waals surface area contributed by atoms with Crippen molar-refractivity contribution >= 4 is 18.3 Å². The average molecular weight is 865 g/mol. The van der Waals surface area contributed by atoms with Crippen LogP contribution in [0, 0.1) is 40.8 Å². The van der Waals surface area contributed by atoms with E-state index in [1.165, 1.54) is 14.7 Å². The Morgan fingerprint density at radius 3 is 0.527 bits per heavy atom. The summed E-state index contributed by atoms with van der Waals surface area (Å²) in [6.07, 6.45) is -3.45. The predicted octanol–water partition coefficient (Wildman–Crippen LogP) is 6.10. The Hall–Kier alpha value is -5.52. The van der Waals surface area contributed by atoms with Crippen LogP contribution in [-0.4, -0.2) is 33.0 Å². The minimum Gasteiger partial charge on any atom is -0.530 e. The average Bonchev–Trinajstić information content (AvgIpc) is 3.20. The van der Waals surface area contributed by atoms with Crippen molar-refractivity contribution in [3.63, 3.8) is 0 Å². The minimum atomic E-state index is -1.15. The fourth-order valence-electron chi connectivity index (χ4n) is 5.38. The van der Waals surface area contributed by atoms with E-state index in [4.69, 9.17) is 0 Å². The summed E-state index contributed by atoms with van der Waals surface area (Å²) in [6, 6.07) is 57.0. The van der Waals surface area contributed by atoms with Crippen molar-refractivity contribution in [3.8, 4) is 0 Å². The molecule has 6 aromatic rings. The first-order valence-electron chi connectivity index (χ1n) is 17.4. The molecule has 10 heteroatoms. The summed E-state index contributed by atoms with van der Waals surface area (Å²) in [5.41, 5.74) is 5.74. The SMILES string of the molecule is O=C([O-])N(Cc1ccccc1)Cc1ccccc1.O=C([O-])N(Cc1ccccc1)Cc1ccccc1.O=C([O-])N(Cc1ccccc1)Cc1ccccc1.[Nd+3]. The Morgan fingerprint density at radius 1 is 0.291 bits per heavy atom. The molecule has 9 nitrogen and oxygen atoms in total. The van der Waals surface area contributed by atoms with Crippen molar-refractivity contribution in [2.75, 3.05) is 0 Å². The first-order valence-corrected chi connectivity index (χ1v) is 17.4. The third-order valence-corrected chi connectivity index (χ3v) is 8.07. The van der Waals surface area contributed by atoms with Crippen LogP contribution in [0.1, 0.15) is 33.4 Å². The molecule has 0 bridgehead atoms. The number of hydrogen-bond donors (Lipinski definition) is 0. The summed E-state index contributed by atoms with van der Waals surface area (Å²) in [5, 5.41) is 33.4. The van der Waals surface area contributed by atoms with Crippen LogP contribution in [0.25, 0.3) is 0 Å². The van der Waals surface area contributed by atoms with Gasteiger partial charge in [-0.2, -0.15) is 0 Å². The Balaban J connectivity index is 0.000000220. The Morgan fingerprint density at radius 2 is 0.418 bits per heavy atom. The summed E-state index contributed by atoms with van der Waals surface area (Å²) >= 11 is 0. The minimum absolute atomic E-state index is 0. The molecule has 0 atom stereocenters. The molecule has 1 radical (unpaired) electrons. The van der Waals surface area contributed by atoms with E-state index >= 15 is 0 Å². The second kappa shape index (κ2) is 24.7. The Labute approximate surface area is 355 Å². The molecular weight excluding hydrogens is 823 g/mol. The van der Waals surface area contributed by atoms with Crippen LogP contribution in [0.4, 0.5) is 14.4 Å². The van der Waals surface area contributed by atoms with E-state index in [-0.39, 0.29) is 40.8 Å². The first kappa shape index (κ1) is 43.9. The fourth-order valence-corrected chi connectivity index (χ4v) is 5.38. The second-order valence-corrected chi connectivity index (χ2v) is 12.3. The first-order chi connectivity index (χ1) is 26.3. The van der Waals surface area contributed by atoms with Gasteiger partial charge in [0.1, 0.15) is 18.3 Å². The molecule has 0 fully saturated rings. The number of carbonyl (C=O) groups excluding carboxylic acids is 3. The van der Waals surface area contributed by atoms with Crippen LogP contribution in [0.3, 0.4) is 0 Å². The molecule has 6 aromatic carbocycles. The molecule has 0 spiro atoms. The number of amides is 3. The summed E-state index contributed by atoms with van der Waals surface area (Å²) < 4.78 is 0. The van der Waals surface area contributed by atoms with Gasteiger partial charge in [0.25, 0.3) is 0 Å². The van der Waals surface area contributed by atoms with Gasteiger partial charge in [0.05, 0.1) is 0 Å². The molecule has 3 amide bonds. The molecule has 0 saturated carbocycles. The van der Waals surface area contributed by atoms with E-state index in [0.29, 0.717) is 39.3 Å². The quantitative estimate of drug-likeness (QED) is 0.146. The maximum atomic E-state index is 11.1. The molecule has 0 aliphatic rings. The molecule has 0 aliphatic carbocycles. The van der Waals surface area contributed by atoms with Crippen molar-refractivity contribution < 1.29 is 70.5 Å². The number of carboxylic acid groups (broad SMARTS) is 3. The normalized spacial score (nSPS) is 9.82. The van der Waals surface area contributed by atoms with Crippen LogP contribution in [0.2, 0.25) is 0 Å². The maximum absolute atomic E-state index is 11.1. The van der Waals surface area contributed by atoms with Crippen LogP contribution in [0.15, 0.2) is 182 Å². The van der Waals surface area contributed by atoms with Crippen molar-refractivity contribution in [1.29, 1.82) is 0 Å². The molecule has 0 unspecified atom stereocenters. The predicted molar refractivity (Wildman–Crippen MR) is 203 cm³/mol. The Bertz CT molecular complexity index is 1600. The standard InChI is InChI=1S/3C15H15NO2.Nd/c3*17-15(18)16(11-13-7-3-1-4-8-13)12-14-9-5-2-6-10-14;/h3*1-10H,11-12H2,(H,17,18);/q;;;+3/p-3. The molecule has 0 aliphatic heterocycles. The van der Waals surface area contributed by atoms with Crippen molar-refractivity contribution in [2.24, 2.45) is 0 Å². The van der Waals surface area contributed by atoms with Gasteiger partial charge in [-0.3, -0.25) is 0 Å². The van der Waals surface area contributed by atoms with Gasteiger partial charge in [0.2, 0.25) is 0 Å². The number of carbonyl (C=O) groups is 3. The van der Waals surface area contributed by atoms with Gasteiger partial charge in [-0.25, -0.2) is 0 Å². The molecular formula is C45H42N3NdO6. The summed E-state index contributed by atoms with van der Waals surface area (Å²) in [5.74, 6) is 0. The zero-order chi connectivity index (χ0) is 38.4. The van der Waals surface area contributed by atoms with Gasteiger partial charge < -0.3 is 44.4 Å². The van der Waals surface area contributed by atoms with Gasteiger partial charge in [0, 0.05) is 39.3 Å². The van der Waals surface area contributed by atoms with Gasteiger partial charge in [-0.15, -0.1) is 0 Å². The number of rotatable bonds is 12. The van der Waals surface area contributed by atoms with Gasteiger partial charge >= 0.3 is 40.8 Å². The van der Waals surface area contributed by atoms with Gasteiger partial charge in [-0.1, -0.05) is 182 Å². The molecule has 55 heavy (non-hydrogen) atoms. The third kappa shape index (κ3) is 17.0. The van der Waals surface area contributed by atoms with Crippen molar-refractivity contribution in [1.82, 2.24) is 14.7 Å². The number of benzene rings is 6. The topological polar surface area (TPSA) is 130 Å². The van der Waals surface area contributed by atoms with E-state index in [9.17, 15) is 29.7 Å². The Kier molecular flexibility index (Phi) is 19.7. The molecule has 0 N–H and O–H groups in total. The zero-order valence-corrected chi connectivity index (χ0v) is 33.6. The third-order valence-electron chi connectivity index (χ3n) is 8.07. The van der Waals surface area contributed by atoms with E-state index in [1.54, 1.807) is 0 Å². The molecule has 0 aromatic heterocycles. The molecule has 0 saturated heterocycles. The molecule has 277 valence electrons. The van der Waals surface area contributed by atoms with E-state index in [1.807, 2.05) is 182 Å². The van der Waals surface area contributed by atoms with E-state index in [2.05, 4.69) is 0 Å². The number of nitrogens with zero attached hydrogens (tertiary/aromatic N) is 3. The van der Waals surface area contributed by atoms with Crippen LogP contribution in [0.5, 0.6) is 0 Å². The smallest absolute Gasteiger partial charge is 0.530 e. The van der Waals surface area contributed by atoms with Gasteiger partial charge in [0.15, 0.2) is 0 Å². The molecule has 6 rings (SSSR count).